The van der Waals surface area contributed by atoms with Crippen molar-refractivity contribution < 1.29 is 13.2 Å². The third kappa shape index (κ3) is 3.92. The summed E-state index contributed by atoms with van der Waals surface area (Å²) >= 11 is 0. The van der Waals surface area contributed by atoms with Gasteiger partial charge in [-0.3, -0.25) is 9.10 Å². The maximum absolute atomic E-state index is 13.2. The molecule has 0 spiro atoms. The van der Waals surface area contributed by atoms with Crippen molar-refractivity contribution in [3.8, 4) is 0 Å². The van der Waals surface area contributed by atoms with Gasteiger partial charge in [-0.15, -0.1) is 0 Å². The molecule has 0 aliphatic rings. The van der Waals surface area contributed by atoms with Gasteiger partial charge in [-0.25, -0.2) is 8.42 Å². The Kier molecular flexibility index (Phi) is 5.51. The Morgan fingerprint density at radius 1 is 0.893 bits per heavy atom. The molecule has 0 fully saturated rings. The number of benzene rings is 3. The number of hydrogen-bond donors (Lipinski definition) is 1. The molecule has 28 heavy (non-hydrogen) atoms. The van der Waals surface area contributed by atoms with Crippen LogP contribution in [-0.4, -0.2) is 21.4 Å². The highest BCUT2D eigenvalue weighted by atomic mass is 32.2. The van der Waals surface area contributed by atoms with Crippen LogP contribution in [0.15, 0.2) is 77.7 Å². The molecule has 0 bridgehead atoms. The SMILES string of the molecule is Cc1ccc(C)c(NC(=O)c2ccccc2S(=O)(=O)N(C)c2ccccc2)c1. The van der Waals surface area contributed by atoms with E-state index in [2.05, 4.69) is 5.32 Å². The molecule has 6 heteroatoms. The van der Waals surface area contributed by atoms with Crippen molar-refractivity contribution in [1.29, 1.82) is 0 Å². The normalized spacial score (nSPS) is 11.1. The fourth-order valence-electron chi connectivity index (χ4n) is 2.86. The first kappa shape index (κ1) is 19.6. The summed E-state index contributed by atoms with van der Waals surface area (Å²) in [4.78, 5) is 12.9. The van der Waals surface area contributed by atoms with Gasteiger partial charge in [0, 0.05) is 12.7 Å². The molecule has 144 valence electrons. The van der Waals surface area contributed by atoms with Crippen LogP contribution >= 0.6 is 0 Å². The molecular weight excluding hydrogens is 372 g/mol. The van der Waals surface area contributed by atoms with E-state index in [-0.39, 0.29) is 10.5 Å². The van der Waals surface area contributed by atoms with Crippen molar-refractivity contribution in [3.63, 3.8) is 0 Å². The van der Waals surface area contributed by atoms with Crippen LogP contribution in [0.3, 0.4) is 0 Å². The smallest absolute Gasteiger partial charge is 0.264 e. The summed E-state index contributed by atoms with van der Waals surface area (Å²) in [7, 11) is -2.43. The first-order valence-corrected chi connectivity index (χ1v) is 10.3. The van der Waals surface area contributed by atoms with Crippen LogP contribution < -0.4 is 9.62 Å². The van der Waals surface area contributed by atoms with E-state index in [0.717, 1.165) is 11.1 Å². The van der Waals surface area contributed by atoms with Crippen molar-refractivity contribution in [2.24, 2.45) is 0 Å². The van der Waals surface area contributed by atoms with Crippen molar-refractivity contribution in [2.45, 2.75) is 18.7 Å². The molecule has 0 heterocycles. The average molecular weight is 394 g/mol. The minimum atomic E-state index is -3.91. The first-order valence-electron chi connectivity index (χ1n) is 8.82. The predicted octanol–water partition coefficient (Wildman–Crippen LogP) is 4.38. The Bertz CT molecular complexity index is 1110. The van der Waals surface area contributed by atoms with Crippen molar-refractivity contribution in [1.82, 2.24) is 0 Å². The van der Waals surface area contributed by atoms with Crippen molar-refractivity contribution in [2.75, 3.05) is 16.7 Å². The molecule has 0 saturated heterocycles. The zero-order valence-corrected chi connectivity index (χ0v) is 16.8. The topological polar surface area (TPSA) is 66.5 Å². The van der Waals surface area contributed by atoms with Crippen LogP contribution in [0.4, 0.5) is 11.4 Å². The van der Waals surface area contributed by atoms with E-state index >= 15 is 0 Å². The molecule has 3 aromatic rings. The van der Waals surface area contributed by atoms with E-state index < -0.39 is 15.9 Å². The number of anilines is 2. The number of hydrogen-bond acceptors (Lipinski definition) is 3. The Morgan fingerprint density at radius 2 is 1.54 bits per heavy atom. The van der Waals surface area contributed by atoms with Gasteiger partial charge in [0.15, 0.2) is 0 Å². The van der Waals surface area contributed by atoms with Gasteiger partial charge in [0.05, 0.1) is 11.3 Å². The third-order valence-corrected chi connectivity index (χ3v) is 6.37. The number of rotatable bonds is 5. The standard InChI is InChI=1S/C22H22N2O3S/c1-16-13-14-17(2)20(15-16)23-22(25)19-11-7-8-12-21(19)28(26,27)24(3)18-9-5-4-6-10-18/h4-15H,1-3H3,(H,23,25). The second kappa shape index (κ2) is 7.86. The minimum absolute atomic E-state index is 0.0378. The van der Waals surface area contributed by atoms with Crippen molar-refractivity contribution in [3.05, 3.63) is 89.5 Å². The van der Waals surface area contributed by atoms with Crippen LogP contribution in [0.25, 0.3) is 0 Å². The minimum Gasteiger partial charge on any atom is -0.322 e. The molecule has 1 amide bonds. The molecule has 0 aliphatic carbocycles. The van der Waals surface area contributed by atoms with Crippen LogP contribution in [0, 0.1) is 13.8 Å². The van der Waals surface area contributed by atoms with Gasteiger partial charge in [-0.1, -0.05) is 42.5 Å². The lowest BCUT2D eigenvalue weighted by Crippen LogP contribution is -2.29. The van der Waals surface area contributed by atoms with Crippen molar-refractivity contribution >= 4 is 27.3 Å². The quantitative estimate of drug-likeness (QED) is 0.698. The van der Waals surface area contributed by atoms with E-state index in [4.69, 9.17) is 0 Å². The van der Waals surface area contributed by atoms with Gasteiger partial charge in [0.25, 0.3) is 15.9 Å². The van der Waals surface area contributed by atoms with Crippen LogP contribution in [0.5, 0.6) is 0 Å². The number of aryl methyl sites for hydroxylation is 2. The third-order valence-electron chi connectivity index (χ3n) is 4.53. The summed E-state index contributed by atoms with van der Waals surface area (Å²) in [5.41, 5.74) is 3.19. The summed E-state index contributed by atoms with van der Waals surface area (Å²) in [5.74, 6) is -0.464. The van der Waals surface area contributed by atoms with Gasteiger partial charge in [-0.2, -0.15) is 0 Å². The lowest BCUT2D eigenvalue weighted by Gasteiger charge is -2.21. The maximum atomic E-state index is 13.2. The number of nitrogens with one attached hydrogen (secondary N) is 1. The lowest BCUT2D eigenvalue weighted by molar-refractivity contribution is 0.102. The van der Waals surface area contributed by atoms with E-state index in [1.165, 1.54) is 23.5 Å². The van der Waals surface area contributed by atoms with E-state index in [0.29, 0.717) is 11.4 Å². The molecule has 1 N–H and O–H groups in total. The summed E-state index contributed by atoms with van der Waals surface area (Å²) in [6.45, 7) is 3.82. The van der Waals surface area contributed by atoms with Crippen LogP contribution in [0.2, 0.25) is 0 Å². The molecule has 0 aliphatic heterocycles. The molecule has 3 aromatic carbocycles. The lowest BCUT2D eigenvalue weighted by atomic mass is 10.1. The van der Waals surface area contributed by atoms with Gasteiger partial charge in [-0.05, 0) is 55.3 Å². The summed E-state index contributed by atoms with van der Waals surface area (Å²) in [5, 5.41) is 2.84. The number of sulfonamides is 1. The second-order valence-corrected chi connectivity index (χ2v) is 8.51. The largest absolute Gasteiger partial charge is 0.322 e. The maximum Gasteiger partial charge on any atom is 0.264 e. The number of amides is 1. The molecule has 3 rings (SSSR count). The van der Waals surface area contributed by atoms with Gasteiger partial charge in [0.2, 0.25) is 0 Å². The highest BCUT2D eigenvalue weighted by Crippen LogP contribution is 2.25. The van der Waals surface area contributed by atoms with E-state index in [9.17, 15) is 13.2 Å². The zero-order chi connectivity index (χ0) is 20.3. The molecule has 5 nitrogen and oxygen atoms in total. The first-order chi connectivity index (χ1) is 13.3. The average Bonchev–Trinajstić information content (AvgIpc) is 2.70. The molecular formula is C22H22N2O3S. The number of nitrogens with zero attached hydrogens (tertiary/aromatic N) is 1. The van der Waals surface area contributed by atoms with Crippen LogP contribution in [0.1, 0.15) is 21.5 Å². The highest BCUT2D eigenvalue weighted by molar-refractivity contribution is 7.92. The molecule has 0 atom stereocenters. The Hall–Kier alpha value is -3.12. The molecule has 0 aromatic heterocycles. The van der Waals surface area contributed by atoms with E-state index in [1.807, 2.05) is 38.1 Å². The van der Waals surface area contributed by atoms with Gasteiger partial charge < -0.3 is 5.32 Å². The fourth-order valence-corrected chi connectivity index (χ4v) is 4.25. The van der Waals surface area contributed by atoms with E-state index in [1.54, 1.807) is 36.4 Å². The monoisotopic (exact) mass is 394 g/mol. The zero-order valence-electron chi connectivity index (χ0n) is 16.0. The fraction of sp³-hybridized carbons (Fsp3) is 0.136. The van der Waals surface area contributed by atoms with Gasteiger partial charge >= 0.3 is 0 Å². The molecule has 0 radical (unpaired) electrons. The number of carbonyl (C=O) groups excluding carboxylic acids is 1. The number of para-hydroxylation sites is 1. The Morgan fingerprint density at radius 3 is 2.25 bits per heavy atom. The Labute approximate surface area is 165 Å². The highest BCUT2D eigenvalue weighted by Gasteiger charge is 2.27. The summed E-state index contributed by atoms with van der Waals surface area (Å²) in [6.07, 6.45) is 0. The predicted molar refractivity (Wildman–Crippen MR) is 112 cm³/mol. The molecule has 0 saturated carbocycles. The number of carbonyl (C=O) groups is 1. The summed E-state index contributed by atoms with van der Waals surface area (Å²) in [6, 6.07) is 20.7. The van der Waals surface area contributed by atoms with Crippen LogP contribution in [-0.2, 0) is 10.0 Å². The second-order valence-electron chi connectivity index (χ2n) is 6.58. The molecule has 0 unspecified atom stereocenters. The van der Waals surface area contributed by atoms with Gasteiger partial charge in [0.1, 0.15) is 4.90 Å². The summed E-state index contributed by atoms with van der Waals surface area (Å²) < 4.78 is 27.5. The Balaban J connectivity index is 1.99.